The lowest BCUT2D eigenvalue weighted by atomic mass is 10.3. The molecule has 0 saturated carbocycles. The summed E-state index contributed by atoms with van der Waals surface area (Å²) in [6.45, 7) is -0.159. The van der Waals surface area contributed by atoms with Gasteiger partial charge in [-0.1, -0.05) is 23.2 Å². The molecule has 27 heavy (non-hydrogen) atoms. The third kappa shape index (κ3) is 5.84. The summed E-state index contributed by atoms with van der Waals surface area (Å²) in [6, 6.07) is 5.92. The molecule has 2 aromatic carbocycles. The molecule has 0 amide bonds. The van der Waals surface area contributed by atoms with Crippen LogP contribution in [0.15, 0.2) is 46.2 Å². The summed E-state index contributed by atoms with van der Waals surface area (Å²) in [6.07, 6.45) is 0.127. The van der Waals surface area contributed by atoms with Crippen LogP contribution in [0.4, 0.5) is 8.78 Å². The van der Waals surface area contributed by atoms with Crippen molar-refractivity contribution in [2.24, 2.45) is 0 Å². The van der Waals surface area contributed by atoms with Gasteiger partial charge in [0.1, 0.15) is 11.6 Å². The molecule has 0 unspecified atom stereocenters. The molecule has 0 aliphatic rings. The van der Waals surface area contributed by atoms with Crippen molar-refractivity contribution in [1.82, 2.24) is 9.44 Å². The molecule has 2 aromatic rings. The minimum atomic E-state index is -3.92. The van der Waals surface area contributed by atoms with Crippen molar-refractivity contribution < 1.29 is 25.6 Å². The molecule has 0 aromatic heterocycles. The van der Waals surface area contributed by atoms with Gasteiger partial charge in [-0.15, -0.1) is 0 Å². The number of halogens is 4. The zero-order valence-corrected chi connectivity index (χ0v) is 16.7. The monoisotopic (exact) mass is 458 g/mol. The van der Waals surface area contributed by atoms with E-state index < -0.39 is 31.7 Å². The summed E-state index contributed by atoms with van der Waals surface area (Å²) in [5.41, 5.74) is 0. The van der Waals surface area contributed by atoms with Crippen LogP contribution in [-0.4, -0.2) is 29.9 Å². The molecule has 6 nitrogen and oxygen atoms in total. The Hall–Kier alpha value is -1.30. The Morgan fingerprint density at radius 2 is 1.11 bits per heavy atom. The Morgan fingerprint density at radius 3 is 1.44 bits per heavy atom. The minimum Gasteiger partial charge on any atom is -0.211 e. The fourth-order valence-electron chi connectivity index (χ4n) is 1.96. The van der Waals surface area contributed by atoms with Gasteiger partial charge < -0.3 is 0 Å². The molecular formula is C15H14Cl2F2N2O4S2. The lowest BCUT2D eigenvalue weighted by molar-refractivity contribution is 0.572. The standard InChI is InChI=1S/C15H14Cl2F2N2O4S2/c16-12-8-10(2-4-14(12)18)26(22,23)20-6-1-7-21-27(24,25)11-3-5-15(19)13(17)9-11/h2-5,8-9,20-21H,1,6-7H2. The topological polar surface area (TPSA) is 92.3 Å². The van der Waals surface area contributed by atoms with Crippen LogP contribution in [-0.2, 0) is 20.0 Å². The summed E-state index contributed by atoms with van der Waals surface area (Å²) >= 11 is 11.1. The molecule has 0 radical (unpaired) electrons. The molecule has 0 aliphatic heterocycles. The number of nitrogens with one attached hydrogen (secondary N) is 2. The maximum Gasteiger partial charge on any atom is 0.240 e. The Morgan fingerprint density at radius 1 is 0.741 bits per heavy atom. The van der Waals surface area contributed by atoms with Gasteiger partial charge in [-0.25, -0.2) is 35.1 Å². The van der Waals surface area contributed by atoms with Crippen LogP contribution in [0.1, 0.15) is 6.42 Å². The smallest absolute Gasteiger partial charge is 0.211 e. The van der Waals surface area contributed by atoms with Gasteiger partial charge in [-0.2, -0.15) is 0 Å². The second-order valence-corrected chi connectivity index (χ2v) is 9.65. The van der Waals surface area contributed by atoms with Gasteiger partial charge in [-0.3, -0.25) is 0 Å². The lowest BCUT2D eigenvalue weighted by Gasteiger charge is -2.09. The first-order valence-corrected chi connectivity index (χ1v) is 11.1. The molecule has 0 heterocycles. The SMILES string of the molecule is O=S(=O)(NCCCNS(=O)(=O)c1ccc(F)c(Cl)c1)c1ccc(F)c(Cl)c1. The number of benzene rings is 2. The Kier molecular flexibility index (Phi) is 7.17. The fourth-order valence-corrected chi connectivity index (χ4v) is 4.65. The van der Waals surface area contributed by atoms with Crippen LogP contribution in [0, 0.1) is 11.6 Å². The first-order chi connectivity index (χ1) is 12.5. The van der Waals surface area contributed by atoms with E-state index in [1.54, 1.807) is 0 Å². The molecular weight excluding hydrogens is 445 g/mol. The second-order valence-electron chi connectivity index (χ2n) is 5.30. The Bertz CT molecular complexity index is 964. The maximum atomic E-state index is 13.1. The third-order valence-electron chi connectivity index (χ3n) is 3.34. The zero-order valence-electron chi connectivity index (χ0n) is 13.5. The van der Waals surface area contributed by atoms with E-state index in [0.29, 0.717) is 0 Å². The quantitative estimate of drug-likeness (QED) is 0.594. The van der Waals surface area contributed by atoms with E-state index in [-0.39, 0.29) is 39.3 Å². The number of rotatable bonds is 8. The van der Waals surface area contributed by atoms with Crippen molar-refractivity contribution >= 4 is 43.2 Å². The molecule has 0 spiro atoms. The normalized spacial score (nSPS) is 12.3. The van der Waals surface area contributed by atoms with E-state index in [0.717, 1.165) is 36.4 Å². The average Bonchev–Trinajstić information content (AvgIpc) is 2.59. The molecule has 148 valence electrons. The van der Waals surface area contributed by atoms with Crippen LogP contribution in [0.3, 0.4) is 0 Å². The molecule has 0 fully saturated rings. The molecule has 0 atom stereocenters. The van der Waals surface area contributed by atoms with Crippen LogP contribution >= 0.6 is 23.2 Å². The van der Waals surface area contributed by atoms with E-state index in [2.05, 4.69) is 9.44 Å². The predicted octanol–water partition coefficient (Wildman–Crippen LogP) is 2.92. The highest BCUT2D eigenvalue weighted by Gasteiger charge is 2.17. The Balaban J connectivity index is 1.89. The number of sulfonamides is 2. The van der Waals surface area contributed by atoms with Gasteiger partial charge in [-0.05, 0) is 42.8 Å². The van der Waals surface area contributed by atoms with E-state index >= 15 is 0 Å². The van der Waals surface area contributed by atoms with E-state index in [4.69, 9.17) is 23.2 Å². The van der Waals surface area contributed by atoms with Crippen molar-refractivity contribution in [2.45, 2.75) is 16.2 Å². The van der Waals surface area contributed by atoms with Crippen molar-refractivity contribution in [2.75, 3.05) is 13.1 Å². The summed E-state index contributed by atoms with van der Waals surface area (Å²) in [5.74, 6) is -1.49. The Labute approximate surface area is 165 Å². The third-order valence-corrected chi connectivity index (χ3v) is 6.84. The number of hydrogen-bond donors (Lipinski definition) is 2. The van der Waals surface area contributed by atoms with Crippen molar-refractivity contribution in [1.29, 1.82) is 0 Å². The van der Waals surface area contributed by atoms with Crippen molar-refractivity contribution in [3.63, 3.8) is 0 Å². The van der Waals surface area contributed by atoms with Crippen LogP contribution in [0.5, 0.6) is 0 Å². The van der Waals surface area contributed by atoms with Crippen LogP contribution < -0.4 is 9.44 Å². The van der Waals surface area contributed by atoms with Gasteiger partial charge in [0.05, 0.1) is 19.8 Å². The highest BCUT2D eigenvalue weighted by molar-refractivity contribution is 7.89. The average molecular weight is 459 g/mol. The van der Waals surface area contributed by atoms with Crippen molar-refractivity contribution in [3.05, 3.63) is 58.1 Å². The largest absolute Gasteiger partial charge is 0.240 e. The second kappa shape index (κ2) is 8.80. The summed E-state index contributed by atoms with van der Waals surface area (Å²) < 4.78 is 79.0. The summed E-state index contributed by atoms with van der Waals surface area (Å²) in [4.78, 5) is -0.425. The molecule has 0 bridgehead atoms. The maximum absolute atomic E-state index is 13.1. The molecule has 2 rings (SSSR count). The first kappa shape index (κ1) is 22.0. The van der Waals surface area contributed by atoms with E-state index in [9.17, 15) is 25.6 Å². The van der Waals surface area contributed by atoms with Gasteiger partial charge in [0.25, 0.3) is 0 Å². The van der Waals surface area contributed by atoms with Gasteiger partial charge in [0.15, 0.2) is 0 Å². The van der Waals surface area contributed by atoms with E-state index in [1.807, 2.05) is 0 Å². The number of hydrogen-bond acceptors (Lipinski definition) is 4. The fraction of sp³-hybridized carbons (Fsp3) is 0.200. The predicted molar refractivity (Wildman–Crippen MR) is 97.8 cm³/mol. The van der Waals surface area contributed by atoms with Crippen LogP contribution in [0.2, 0.25) is 10.0 Å². The minimum absolute atomic E-state index is 0.0793. The molecule has 0 aliphatic carbocycles. The van der Waals surface area contributed by atoms with Crippen LogP contribution in [0.25, 0.3) is 0 Å². The van der Waals surface area contributed by atoms with Crippen molar-refractivity contribution in [3.8, 4) is 0 Å². The molecule has 12 heteroatoms. The summed E-state index contributed by atoms with van der Waals surface area (Å²) in [5, 5.41) is -0.660. The highest BCUT2D eigenvalue weighted by Crippen LogP contribution is 2.20. The molecule has 2 N–H and O–H groups in total. The van der Waals surface area contributed by atoms with E-state index in [1.165, 1.54) is 0 Å². The van der Waals surface area contributed by atoms with Gasteiger partial charge in [0.2, 0.25) is 20.0 Å². The lowest BCUT2D eigenvalue weighted by Crippen LogP contribution is -2.30. The highest BCUT2D eigenvalue weighted by atomic mass is 35.5. The van der Waals surface area contributed by atoms with Gasteiger partial charge >= 0.3 is 0 Å². The van der Waals surface area contributed by atoms with Gasteiger partial charge in [0, 0.05) is 13.1 Å². The zero-order chi connectivity index (χ0) is 20.2. The summed E-state index contributed by atoms with van der Waals surface area (Å²) in [7, 11) is -7.83. The first-order valence-electron chi connectivity index (χ1n) is 7.42. The molecule has 0 saturated heterocycles.